The molecule has 1 amide bonds. The summed E-state index contributed by atoms with van der Waals surface area (Å²) in [4.78, 5) is 11.6. The third-order valence-electron chi connectivity index (χ3n) is 2.87. The van der Waals surface area contributed by atoms with E-state index in [4.69, 9.17) is 9.47 Å². The average Bonchev–Trinajstić information content (AvgIpc) is 2.43. The van der Waals surface area contributed by atoms with Gasteiger partial charge in [-0.3, -0.25) is 4.79 Å². The number of carbonyl (C=O) groups excluding carboxylic acids is 1. The van der Waals surface area contributed by atoms with Gasteiger partial charge in [-0.2, -0.15) is 0 Å². The van der Waals surface area contributed by atoms with Crippen molar-refractivity contribution < 1.29 is 19.4 Å². The highest BCUT2D eigenvalue weighted by atomic mass is 16.5. The lowest BCUT2D eigenvalue weighted by Gasteiger charge is -2.14. The van der Waals surface area contributed by atoms with Crippen molar-refractivity contribution in [3.8, 4) is 5.75 Å². The summed E-state index contributed by atoms with van der Waals surface area (Å²) in [5.74, 6) is 0.155. The molecule has 0 bridgehead atoms. The molecule has 0 spiro atoms. The predicted molar refractivity (Wildman–Crippen MR) is 76.7 cm³/mol. The molecule has 5 heteroatoms. The number of aryl methyl sites for hydroxylation is 1. The maximum absolute atomic E-state index is 11.6. The fourth-order valence-corrected chi connectivity index (χ4v) is 1.74. The fourth-order valence-electron chi connectivity index (χ4n) is 1.74. The fraction of sp³-hybridized carbons (Fsp3) is 0.533. The minimum absolute atomic E-state index is 0.0624. The largest absolute Gasteiger partial charge is 0.508 e. The second kappa shape index (κ2) is 9.34. The number of carbonyl (C=O) groups is 1. The van der Waals surface area contributed by atoms with Crippen LogP contribution in [0, 0.1) is 0 Å². The summed E-state index contributed by atoms with van der Waals surface area (Å²) in [5, 5.41) is 12.1. The molecule has 0 fully saturated rings. The molecule has 0 radical (unpaired) electrons. The Morgan fingerprint density at radius 1 is 1.30 bits per heavy atom. The van der Waals surface area contributed by atoms with Crippen LogP contribution < -0.4 is 5.32 Å². The number of aromatic hydroxyl groups is 1. The number of rotatable bonds is 9. The molecule has 2 N–H and O–H groups in total. The summed E-state index contributed by atoms with van der Waals surface area (Å²) in [6.07, 6.45) is 1.70. The maximum atomic E-state index is 11.6. The zero-order valence-electron chi connectivity index (χ0n) is 12.1. The van der Waals surface area contributed by atoms with E-state index >= 15 is 0 Å². The molecule has 0 aromatic heterocycles. The van der Waals surface area contributed by atoms with Crippen molar-refractivity contribution in [3.63, 3.8) is 0 Å². The Labute approximate surface area is 119 Å². The number of hydrogen-bond acceptors (Lipinski definition) is 4. The maximum Gasteiger partial charge on any atom is 0.246 e. The predicted octanol–water partition coefficient (Wildman–Crippen LogP) is 1.49. The van der Waals surface area contributed by atoms with Gasteiger partial charge in [-0.05, 0) is 37.5 Å². The van der Waals surface area contributed by atoms with Crippen LogP contribution in [0.25, 0.3) is 0 Å². The van der Waals surface area contributed by atoms with Crippen LogP contribution >= 0.6 is 0 Å². The SMILES string of the molecule is COCCOCC(=O)NC(C)CCc1ccc(O)cc1. The van der Waals surface area contributed by atoms with E-state index in [-0.39, 0.29) is 24.3 Å². The molecule has 1 aromatic rings. The average molecular weight is 281 g/mol. The van der Waals surface area contributed by atoms with Crippen molar-refractivity contribution in [2.75, 3.05) is 26.9 Å². The van der Waals surface area contributed by atoms with Crippen LogP contribution in [0.4, 0.5) is 0 Å². The number of nitrogens with one attached hydrogen (secondary N) is 1. The lowest BCUT2D eigenvalue weighted by Crippen LogP contribution is -2.35. The van der Waals surface area contributed by atoms with E-state index < -0.39 is 0 Å². The highest BCUT2D eigenvalue weighted by Crippen LogP contribution is 2.11. The number of amides is 1. The Morgan fingerprint density at radius 3 is 2.65 bits per heavy atom. The minimum Gasteiger partial charge on any atom is -0.508 e. The number of ether oxygens (including phenoxy) is 2. The van der Waals surface area contributed by atoms with Crippen molar-refractivity contribution in [2.24, 2.45) is 0 Å². The molecular weight excluding hydrogens is 258 g/mol. The molecule has 0 aliphatic rings. The van der Waals surface area contributed by atoms with Crippen LogP contribution in [0.1, 0.15) is 18.9 Å². The zero-order valence-corrected chi connectivity index (χ0v) is 12.1. The van der Waals surface area contributed by atoms with Gasteiger partial charge in [-0.1, -0.05) is 12.1 Å². The summed E-state index contributed by atoms with van der Waals surface area (Å²) < 4.78 is 9.97. The number of benzene rings is 1. The molecule has 0 heterocycles. The molecule has 0 saturated carbocycles. The second-order valence-electron chi connectivity index (χ2n) is 4.72. The molecule has 0 aliphatic heterocycles. The molecule has 0 saturated heterocycles. The van der Waals surface area contributed by atoms with E-state index in [1.165, 1.54) is 0 Å². The van der Waals surface area contributed by atoms with Crippen molar-refractivity contribution in [2.45, 2.75) is 25.8 Å². The standard InChI is InChI=1S/C15H23NO4/c1-12(16-15(18)11-20-10-9-19-2)3-4-13-5-7-14(17)8-6-13/h5-8,12,17H,3-4,9-11H2,1-2H3,(H,16,18). The van der Waals surface area contributed by atoms with Gasteiger partial charge in [0.1, 0.15) is 12.4 Å². The quantitative estimate of drug-likeness (QED) is 0.673. The van der Waals surface area contributed by atoms with E-state index in [0.717, 1.165) is 18.4 Å². The summed E-state index contributed by atoms with van der Waals surface area (Å²) in [5.41, 5.74) is 1.14. The van der Waals surface area contributed by atoms with Crippen LogP contribution in [-0.2, 0) is 20.7 Å². The van der Waals surface area contributed by atoms with Gasteiger partial charge in [-0.25, -0.2) is 0 Å². The first-order valence-electron chi connectivity index (χ1n) is 6.75. The van der Waals surface area contributed by atoms with Crippen molar-refractivity contribution in [3.05, 3.63) is 29.8 Å². The summed E-state index contributed by atoms with van der Waals surface area (Å²) in [6.45, 7) is 2.94. The summed E-state index contributed by atoms with van der Waals surface area (Å²) in [7, 11) is 1.59. The molecular formula is C15H23NO4. The van der Waals surface area contributed by atoms with Crippen LogP contribution in [0.2, 0.25) is 0 Å². The first-order chi connectivity index (χ1) is 9.61. The minimum atomic E-state index is -0.112. The Balaban J connectivity index is 2.17. The molecule has 5 nitrogen and oxygen atoms in total. The van der Waals surface area contributed by atoms with Gasteiger partial charge in [0.15, 0.2) is 0 Å². The first kappa shape index (κ1) is 16.5. The monoisotopic (exact) mass is 281 g/mol. The smallest absolute Gasteiger partial charge is 0.246 e. The van der Waals surface area contributed by atoms with E-state index in [2.05, 4.69) is 5.32 Å². The molecule has 20 heavy (non-hydrogen) atoms. The van der Waals surface area contributed by atoms with Crippen molar-refractivity contribution in [1.82, 2.24) is 5.32 Å². The van der Waals surface area contributed by atoms with E-state index in [9.17, 15) is 9.90 Å². The third kappa shape index (κ3) is 7.11. The van der Waals surface area contributed by atoms with E-state index in [1.54, 1.807) is 19.2 Å². The van der Waals surface area contributed by atoms with Gasteiger partial charge in [0.25, 0.3) is 0 Å². The van der Waals surface area contributed by atoms with Gasteiger partial charge in [0, 0.05) is 13.2 Å². The Morgan fingerprint density at radius 2 is 2.00 bits per heavy atom. The van der Waals surface area contributed by atoms with E-state index in [1.807, 2.05) is 19.1 Å². The third-order valence-corrected chi connectivity index (χ3v) is 2.87. The Bertz CT molecular complexity index is 391. The van der Waals surface area contributed by atoms with Gasteiger partial charge in [-0.15, -0.1) is 0 Å². The number of hydrogen-bond donors (Lipinski definition) is 2. The molecule has 1 atom stereocenters. The molecule has 1 aromatic carbocycles. The first-order valence-corrected chi connectivity index (χ1v) is 6.75. The molecule has 112 valence electrons. The van der Waals surface area contributed by atoms with Gasteiger partial charge in [0.2, 0.25) is 5.91 Å². The van der Waals surface area contributed by atoms with Crippen LogP contribution in [0.15, 0.2) is 24.3 Å². The highest BCUT2D eigenvalue weighted by Gasteiger charge is 2.07. The van der Waals surface area contributed by atoms with Gasteiger partial charge in [0.05, 0.1) is 13.2 Å². The molecule has 0 aliphatic carbocycles. The molecule has 1 unspecified atom stereocenters. The number of phenols is 1. The topological polar surface area (TPSA) is 67.8 Å². The Hall–Kier alpha value is -1.59. The lowest BCUT2D eigenvalue weighted by atomic mass is 10.1. The lowest BCUT2D eigenvalue weighted by molar-refractivity contribution is -0.126. The van der Waals surface area contributed by atoms with Gasteiger partial charge >= 0.3 is 0 Å². The number of methoxy groups -OCH3 is 1. The normalized spacial score (nSPS) is 12.1. The molecule has 1 rings (SSSR count). The van der Waals surface area contributed by atoms with Crippen LogP contribution in [0.5, 0.6) is 5.75 Å². The summed E-state index contributed by atoms with van der Waals surface area (Å²) in [6, 6.07) is 7.20. The van der Waals surface area contributed by atoms with E-state index in [0.29, 0.717) is 13.2 Å². The van der Waals surface area contributed by atoms with Gasteiger partial charge < -0.3 is 19.9 Å². The van der Waals surface area contributed by atoms with Crippen LogP contribution in [0.3, 0.4) is 0 Å². The summed E-state index contributed by atoms with van der Waals surface area (Å²) >= 11 is 0. The second-order valence-corrected chi connectivity index (χ2v) is 4.72. The number of phenolic OH excluding ortho intramolecular Hbond substituents is 1. The highest BCUT2D eigenvalue weighted by molar-refractivity contribution is 5.77. The van der Waals surface area contributed by atoms with Crippen molar-refractivity contribution in [1.29, 1.82) is 0 Å². The van der Waals surface area contributed by atoms with Crippen molar-refractivity contribution >= 4 is 5.91 Å². The van der Waals surface area contributed by atoms with Crippen LogP contribution in [-0.4, -0.2) is 44.0 Å². The Kier molecular flexibility index (Phi) is 7.69. The zero-order chi connectivity index (χ0) is 14.8.